The highest BCUT2D eigenvalue weighted by atomic mass is 35.5. The highest BCUT2D eigenvalue weighted by molar-refractivity contribution is 7.89. The Hall–Kier alpha value is -2.94. The van der Waals surface area contributed by atoms with Gasteiger partial charge in [-0.2, -0.15) is 0 Å². The molecule has 2 N–H and O–H groups in total. The van der Waals surface area contributed by atoms with Gasteiger partial charge in [0, 0.05) is 17.5 Å². The number of carbonyl (C=O) groups excluding carboxylic acids is 1. The van der Waals surface area contributed by atoms with Gasteiger partial charge in [-0.25, -0.2) is 13.1 Å². The van der Waals surface area contributed by atoms with Gasteiger partial charge in [0.1, 0.15) is 11.4 Å². The van der Waals surface area contributed by atoms with Crippen LogP contribution in [0.2, 0.25) is 5.02 Å². The molecule has 1 fully saturated rings. The highest BCUT2D eigenvalue weighted by Crippen LogP contribution is 2.32. The van der Waals surface area contributed by atoms with Gasteiger partial charge < -0.3 is 9.84 Å². The van der Waals surface area contributed by atoms with E-state index in [2.05, 4.69) is 15.2 Å². The lowest BCUT2D eigenvalue weighted by atomic mass is 10.2. The van der Waals surface area contributed by atoms with Crippen LogP contribution in [0.15, 0.2) is 57.9 Å². The van der Waals surface area contributed by atoms with Crippen LogP contribution in [0.5, 0.6) is 0 Å². The molecule has 7 nitrogen and oxygen atoms in total. The van der Waals surface area contributed by atoms with E-state index < -0.39 is 10.0 Å². The second kappa shape index (κ2) is 9.28. The van der Waals surface area contributed by atoms with Crippen LogP contribution in [0, 0.1) is 12.8 Å². The molecule has 9 heteroatoms. The van der Waals surface area contributed by atoms with Crippen LogP contribution in [0.4, 0.5) is 5.69 Å². The summed E-state index contributed by atoms with van der Waals surface area (Å²) in [5.41, 5.74) is 2.75. The number of aryl methyl sites for hydroxylation is 1. The standard InChI is InChI=1S/C23H22ClN3O4S/c1-15-22(26-23(28)18-7-8-18)21(31-27-15)13-6-16-4-11-20(12-5-16)32(29,30)25-14-17-2-9-19(24)10-3-17/h2-6,9-13,18,25H,7-8,14H2,1H3,(H,26,28). The number of benzene rings is 2. The van der Waals surface area contributed by atoms with Gasteiger partial charge >= 0.3 is 0 Å². The first-order chi connectivity index (χ1) is 15.3. The lowest BCUT2D eigenvalue weighted by molar-refractivity contribution is -0.117. The van der Waals surface area contributed by atoms with E-state index in [9.17, 15) is 13.2 Å². The van der Waals surface area contributed by atoms with E-state index >= 15 is 0 Å². The van der Waals surface area contributed by atoms with Crippen molar-refractivity contribution in [1.82, 2.24) is 9.88 Å². The maximum absolute atomic E-state index is 12.6. The summed E-state index contributed by atoms with van der Waals surface area (Å²) in [7, 11) is -3.65. The van der Waals surface area contributed by atoms with Gasteiger partial charge in [-0.05, 0) is 61.2 Å². The van der Waals surface area contributed by atoms with Crippen LogP contribution in [-0.4, -0.2) is 19.5 Å². The number of anilines is 1. The maximum Gasteiger partial charge on any atom is 0.240 e. The summed E-state index contributed by atoms with van der Waals surface area (Å²) in [5, 5.41) is 7.39. The molecule has 0 aliphatic heterocycles. The van der Waals surface area contributed by atoms with Gasteiger partial charge in [0.2, 0.25) is 15.9 Å². The van der Waals surface area contributed by atoms with Crippen molar-refractivity contribution in [2.45, 2.75) is 31.2 Å². The minimum Gasteiger partial charge on any atom is -0.354 e. The van der Waals surface area contributed by atoms with Crippen molar-refractivity contribution < 1.29 is 17.7 Å². The predicted molar refractivity (Wildman–Crippen MR) is 123 cm³/mol. The van der Waals surface area contributed by atoms with Crippen molar-refractivity contribution in [2.75, 3.05) is 5.32 Å². The Balaban J connectivity index is 1.42. The van der Waals surface area contributed by atoms with Crippen LogP contribution in [0.3, 0.4) is 0 Å². The van der Waals surface area contributed by atoms with Gasteiger partial charge in [-0.3, -0.25) is 4.79 Å². The zero-order chi connectivity index (χ0) is 22.7. The van der Waals surface area contributed by atoms with Gasteiger partial charge in [0.15, 0.2) is 5.76 Å². The van der Waals surface area contributed by atoms with Crippen LogP contribution in [0.25, 0.3) is 12.2 Å². The largest absolute Gasteiger partial charge is 0.354 e. The van der Waals surface area contributed by atoms with Crippen molar-refractivity contribution in [3.8, 4) is 0 Å². The topological polar surface area (TPSA) is 101 Å². The molecule has 0 saturated heterocycles. The monoisotopic (exact) mass is 471 g/mol. The SMILES string of the molecule is Cc1noc(C=Cc2ccc(S(=O)(=O)NCc3ccc(Cl)cc3)cc2)c1NC(=O)C1CC1. The van der Waals surface area contributed by atoms with E-state index in [1.54, 1.807) is 55.5 Å². The summed E-state index contributed by atoms with van der Waals surface area (Å²) in [6.45, 7) is 1.93. The number of rotatable bonds is 8. The van der Waals surface area contributed by atoms with Crippen LogP contribution < -0.4 is 10.0 Å². The van der Waals surface area contributed by atoms with E-state index in [4.69, 9.17) is 16.1 Å². The summed E-state index contributed by atoms with van der Waals surface area (Å²) in [6, 6.07) is 13.4. The number of nitrogens with one attached hydrogen (secondary N) is 2. The summed E-state index contributed by atoms with van der Waals surface area (Å²) in [4.78, 5) is 12.2. The molecule has 3 aromatic rings. The lowest BCUT2D eigenvalue weighted by Gasteiger charge is -2.07. The molecule has 1 saturated carbocycles. The lowest BCUT2D eigenvalue weighted by Crippen LogP contribution is -2.23. The molecule has 2 aromatic carbocycles. The summed E-state index contributed by atoms with van der Waals surface area (Å²) >= 11 is 5.85. The number of hydrogen-bond acceptors (Lipinski definition) is 5. The van der Waals surface area contributed by atoms with Crippen molar-refractivity contribution in [1.29, 1.82) is 0 Å². The van der Waals surface area contributed by atoms with E-state index in [1.807, 2.05) is 0 Å². The Labute approximate surface area is 191 Å². The normalized spacial score (nSPS) is 14.1. The molecular weight excluding hydrogens is 450 g/mol. The predicted octanol–water partition coefficient (Wildman–Crippen LogP) is 4.63. The van der Waals surface area contributed by atoms with Crippen molar-refractivity contribution in [3.63, 3.8) is 0 Å². The molecule has 166 valence electrons. The Morgan fingerprint density at radius 1 is 1.12 bits per heavy atom. The zero-order valence-electron chi connectivity index (χ0n) is 17.3. The average Bonchev–Trinajstić information content (AvgIpc) is 3.58. The van der Waals surface area contributed by atoms with Crippen LogP contribution in [-0.2, 0) is 21.4 Å². The van der Waals surface area contributed by atoms with Crippen LogP contribution >= 0.6 is 11.6 Å². The molecule has 0 unspecified atom stereocenters. The molecule has 1 amide bonds. The van der Waals surface area contributed by atoms with Crippen molar-refractivity contribution in [3.05, 3.63) is 76.1 Å². The van der Waals surface area contributed by atoms with Crippen molar-refractivity contribution >= 4 is 45.4 Å². The summed E-state index contributed by atoms with van der Waals surface area (Å²) in [6.07, 6.45) is 5.28. The van der Waals surface area contributed by atoms with E-state index in [-0.39, 0.29) is 23.3 Å². The van der Waals surface area contributed by atoms with Gasteiger partial charge in [0.05, 0.1) is 4.90 Å². The van der Waals surface area contributed by atoms with Gasteiger partial charge in [-0.1, -0.05) is 47.1 Å². The molecule has 0 atom stereocenters. The molecule has 1 heterocycles. The Kier molecular flexibility index (Phi) is 6.45. The van der Waals surface area contributed by atoms with E-state index in [1.165, 1.54) is 12.1 Å². The van der Waals surface area contributed by atoms with Gasteiger partial charge in [-0.15, -0.1) is 0 Å². The fourth-order valence-corrected chi connectivity index (χ4v) is 4.16. The molecule has 1 aromatic heterocycles. The number of carbonyl (C=O) groups is 1. The van der Waals surface area contributed by atoms with E-state index in [0.717, 1.165) is 24.0 Å². The third-order valence-electron chi connectivity index (χ3n) is 5.08. The van der Waals surface area contributed by atoms with Crippen LogP contribution in [0.1, 0.15) is 35.4 Å². The van der Waals surface area contributed by atoms with E-state index in [0.29, 0.717) is 22.2 Å². The molecular formula is C23H22ClN3O4S. The van der Waals surface area contributed by atoms with Crippen molar-refractivity contribution in [2.24, 2.45) is 5.92 Å². The smallest absolute Gasteiger partial charge is 0.240 e. The molecule has 4 rings (SSSR count). The van der Waals surface area contributed by atoms with Gasteiger partial charge in [0.25, 0.3) is 0 Å². The summed E-state index contributed by atoms with van der Waals surface area (Å²) < 4.78 is 33.0. The summed E-state index contributed by atoms with van der Waals surface area (Å²) in [5.74, 6) is 0.494. The number of amides is 1. The first-order valence-corrected chi connectivity index (χ1v) is 12.0. The quantitative estimate of drug-likeness (QED) is 0.498. The second-order valence-electron chi connectivity index (χ2n) is 7.62. The third-order valence-corrected chi connectivity index (χ3v) is 6.75. The number of sulfonamides is 1. The molecule has 0 radical (unpaired) electrons. The molecule has 1 aliphatic carbocycles. The number of nitrogens with zero attached hydrogens (tertiary/aromatic N) is 1. The minimum atomic E-state index is -3.65. The first-order valence-electron chi connectivity index (χ1n) is 10.1. The molecule has 1 aliphatic rings. The second-order valence-corrected chi connectivity index (χ2v) is 9.83. The first kappa shape index (κ1) is 22.3. The minimum absolute atomic E-state index is 0.0217. The Morgan fingerprint density at radius 3 is 2.47 bits per heavy atom. The Morgan fingerprint density at radius 2 is 1.81 bits per heavy atom. The fourth-order valence-electron chi connectivity index (χ4n) is 3.02. The number of halogens is 1. The fraction of sp³-hybridized carbons (Fsp3) is 0.217. The average molecular weight is 472 g/mol. The Bertz CT molecular complexity index is 1250. The molecule has 0 bridgehead atoms. The zero-order valence-corrected chi connectivity index (χ0v) is 18.9. The number of hydrogen-bond donors (Lipinski definition) is 2. The number of aromatic nitrogens is 1. The maximum atomic E-state index is 12.6. The molecule has 0 spiro atoms. The molecule has 32 heavy (non-hydrogen) atoms. The third kappa shape index (κ3) is 5.45. The highest BCUT2D eigenvalue weighted by Gasteiger charge is 2.30.